The summed E-state index contributed by atoms with van der Waals surface area (Å²) in [6.07, 6.45) is 0. The summed E-state index contributed by atoms with van der Waals surface area (Å²) < 4.78 is 10.5. The lowest BCUT2D eigenvalue weighted by Gasteiger charge is -2.35. The molecule has 2 heterocycles. The zero-order valence-corrected chi connectivity index (χ0v) is 15.2. The number of carbonyl (C=O) groups excluding carboxylic acids is 1. The van der Waals surface area contributed by atoms with Crippen LogP contribution in [-0.4, -0.2) is 61.3 Å². The number of ether oxygens (including phenoxy) is 2. The van der Waals surface area contributed by atoms with Crippen LogP contribution >= 0.6 is 0 Å². The maximum Gasteiger partial charge on any atom is 0.322 e. The van der Waals surface area contributed by atoms with Crippen molar-refractivity contribution in [1.82, 2.24) is 14.9 Å². The maximum atomic E-state index is 12.5. The summed E-state index contributed by atoms with van der Waals surface area (Å²) in [5, 5.41) is 2.91. The third kappa shape index (κ3) is 3.96. The molecule has 1 aliphatic heterocycles. The molecule has 0 radical (unpaired) electrons. The van der Waals surface area contributed by atoms with Gasteiger partial charge in [0, 0.05) is 32.2 Å². The van der Waals surface area contributed by atoms with E-state index in [-0.39, 0.29) is 6.03 Å². The van der Waals surface area contributed by atoms with E-state index in [1.165, 1.54) is 0 Å². The molecule has 1 aromatic heterocycles. The van der Waals surface area contributed by atoms with E-state index < -0.39 is 0 Å². The molecule has 8 nitrogen and oxygen atoms in total. The number of nitrogens with one attached hydrogen (secondary N) is 1. The van der Waals surface area contributed by atoms with Crippen LogP contribution in [0.3, 0.4) is 0 Å². The average molecular weight is 357 g/mol. The normalized spacial score (nSPS) is 14.1. The molecule has 3 rings (SSSR count). The van der Waals surface area contributed by atoms with E-state index in [0.29, 0.717) is 49.3 Å². The van der Waals surface area contributed by atoms with Crippen LogP contribution in [0.4, 0.5) is 16.3 Å². The highest BCUT2D eigenvalue weighted by Gasteiger charge is 2.23. The Bertz CT molecular complexity index is 775. The first kappa shape index (κ1) is 17.8. The minimum atomic E-state index is -0.134. The largest absolute Gasteiger partial charge is 0.495 e. The second-order valence-corrected chi connectivity index (χ2v) is 5.92. The summed E-state index contributed by atoms with van der Waals surface area (Å²) in [6, 6.07) is 9.05. The molecular formula is C18H23N5O3. The number of amides is 2. The molecule has 26 heavy (non-hydrogen) atoms. The van der Waals surface area contributed by atoms with Crippen molar-refractivity contribution in [2.24, 2.45) is 0 Å². The van der Waals surface area contributed by atoms with Crippen molar-refractivity contribution in [3.8, 4) is 11.6 Å². The number of methoxy groups -OCH3 is 2. The molecule has 0 unspecified atom stereocenters. The summed E-state index contributed by atoms with van der Waals surface area (Å²) in [7, 11) is 3.17. The number of nitrogens with zero attached hydrogens (tertiary/aromatic N) is 4. The van der Waals surface area contributed by atoms with Gasteiger partial charge in [-0.05, 0) is 19.1 Å². The Balaban J connectivity index is 1.61. The smallest absolute Gasteiger partial charge is 0.322 e. The number of piperazine rings is 1. The summed E-state index contributed by atoms with van der Waals surface area (Å²) in [6.45, 7) is 4.43. The molecule has 0 bridgehead atoms. The maximum absolute atomic E-state index is 12.5. The van der Waals surface area contributed by atoms with Crippen molar-refractivity contribution in [1.29, 1.82) is 0 Å². The summed E-state index contributed by atoms with van der Waals surface area (Å²) in [5.41, 5.74) is 0.665. The molecule has 2 amide bonds. The van der Waals surface area contributed by atoms with Crippen LogP contribution in [0.1, 0.15) is 5.82 Å². The fraction of sp³-hybridized carbons (Fsp3) is 0.389. The van der Waals surface area contributed by atoms with Gasteiger partial charge < -0.3 is 24.6 Å². The van der Waals surface area contributed by atoms with Crippen molar-refractivity contribution in [3.05, 3.63) is 36.2 Å². The second kappa shape index (κ2) is 7.90. The van der Waals surface area contributed by atoms with Gasteiger partial charge in [0.25, 0.3) is 0 Å². The van der Waals surface area contributed by atoms with Crippen LogP contribution in [0.25, 0.3) is 0 Å². The molecule has 2 aromatic rings. The number of rotatable bonds is 4. The molecule has 138 valence electrons. The SMILES string of the molecule is COc1cc(N2CCN(C(=O)Nc3ccccc3OC)CC2)nc(C)n1. The van der Waals surface area contributed by atoms with E-state index in [2.05, 4.69) is 20.2 Å². The highest BCUT2D eigenvalue weighted by molar-refractivity contribution is 5.91. The fourth-order valence-corrected chi connectivity index (χ4v) is 2.87. The molecule has 1 aliphatic rings. The molecule has 1 saturated heterocycles. The van der Waals surface area contributed by atoms with Crippen LogP contribution in [0.5, 0.6) is 11.6 Å². The number of aryl methyl sites for hydroxylation is 1. The Labute approximate surface area is 152 Å². The Morgan fingerprint density at radius 3 is 2.50 bits per heavy atom. The molecule has 0 atom stereocenters. The van der Waals surface area contributed by atoms with Gasteiger partial charge in [-0.15, -0.1) is 0 Å². The zero-order chi connectivity index (χ0) is 18.5. The van der Waals surface area contributed by atoms with Crippen molar-refractivity contribution >= 4 is 17.5 Å². The van der Waals surface area contributed by atoms with Crippen molar-refractivity contribution in [3.63, 3.8) is 0 Å². The van der Waals surface area contributed by atoms with Crippen LogP contribution in [0.15, 0.2) is 30.3 Å². The Morgan fingerprint density at radius 1 is 1.08 bits per heavy atom. The van der Waals surface area contributed by atoms with Gasteiger partial charge in [-0.2, -0.15) is 4.98 Å². The summed E-state index contributed by atoms with van der Waals surface area (Å²) in [4.78, 5) is 25.1. The van der Waals surface area contributed by atoms with E-state index in [0.717, 1.165) is 5.82 Å². The first-order valence-electron chi connectivity index (χ1n) is 8.44. The second-order valence-electron chi connectivity index (χ2n) is 5.92. The van der Waals surface area contributed by atoms with Crippen LogP contribution in [-0.2, 0) is 0 Å². The quantitative estimate of drug-likeness (QED) is 0.903. The Hall–Kier alpha value is -3.03. The predicted octanol–water partition coefficient (Wildman–Crippen LogP) is 2.16. The highest BCUT2D eigenvalue weighted by Crippen LogP contribution is 2.24. The number of para-hydroxylation sites is 2. The van der Waals surface area contributed by atoms with Gasteiger partial charge in [0.1, 0.15) is 17.4 Å². The lowest BCUT2D eigenvalue weighted by Crippen LogP contribution is -2.50. The van der Waals surface area contributed by atoms with Crippen LogP contribution in [0.2, 0.25) is 0 Å². The first-order valence-corrected chi connectivity index (χ1v) is 8.44. The molecule has 8 heteroatoms. The number of urea groups is 1. The Morgan fingerprint density at radius 2 is 1.81 bits per heavy atom. The third-order valence-corrected chi connectivity index (χ3v) is 4.25. The van der Waals surface area contributed by atoms with Crippen LogP contribution < -0.4 is 19.7 Å². The van der Waals surface area contributed by atoms with E-state index in [1.54, 1.807) is 19.1 Å². The number of benzene rings is 1. The number of anilines is 2. The minimum Gasteiger partial charge on any atom is -0.495 e. The van der Waals surface area contributed by atoms with Gasteiger partial charge in [-0.25, -0.2) is 9.78 Å². The molecule has 1 N–H and O–H groups in total. The minimum absolute atomic E-state index is 0.134. The summed E-state index contributed by atoms with van der Waals surface area (Å²) in [5.74, 6) is 2.67. The molecule has 1 aromatic carbocycles. The van der Waals surface area contributed by atoms with E-state index in [9.17, 15) is 4.79 Å². The van der Waals surface area contributed by atoms with E-state index >= 15 is 0 Å². The lowest BCUT2D eigenvalue weighted by molar-refractivity contribution is 0.208. The topological polar surface area (TPSA) is 79.8 Å². The molecule has 0 saturated carbocycles. The molecule has 1 fully saturated rings. The first-order chi connectivity index (χ1) is 12.6. The number of hydrogen-bond acceptors (Lipinski definition) is 6. The fourth-order valence-electron chi connectivity index (χ4n) is 2.87. The van der Waals surface area contributed by atoms with Gasteiger partial charge in [0.2, 0.25) is 5.88 Å². The Kier molecular flexibility index (Phi) is 5.40. The number of hydrogen-bond donors (Lipinski definition) is 1. The standard InChI is InChI=1S/C18H23N5O3/c1-13-19-16(12-17(20-13)26-3)22-8-10-23(11-9-22)18(24)21-14-6-4-5-7-15(14)25-2/h4-7,12H,8-11H2,1-3H3,(H,21,24). The van der Waals surface area contributed by atoms with Gasteiger partial charge in [-0.3, -0.25) is 0 Å². The van der Waals surface area contributed by atoms with Crippen LogP contribution in [0, 0.1) is 6.92 Å². The van der Waals surface area contributed by atoms with Crippen molar-refractivity contribution in [2.45, 2.75) is 6.92 Å². The van der Waals surface area contributed by atoms with Gasteiger partial charge in [-0.1, -0.05) is 12.1 Å². The monoisotopic (exact) mass is 357 g/mol. The summed E-state index contributed by atoms with van der Waals surface area (Å²) >= 11 is 0. The predicted molar refractivity (Wildman–Crippen MR) is 99.1 cm³/mol. The number of aromatic nitrogens is 2. The highest BCUT2D eigenvalue weighted by atomic mass is 16.5. The van der Waals surface area contributed by atoms with E-state index in [1.807, 2.05) is 37.3 Å². The molecular weight excluding hydrogens is 334 g/mol. The van der Waals surface area contributed by atoms with Gasteiger partial charge >= 0.3 is 6.03 Å². The average Bonchev–Trinajstić information content (AvgIpc) is 2.68. The number of carbonyl (C=O) groups is 1. The lowest BCUT2D eigenvalue weighted by atomic mass is 10.3. The van der Waals surface area contributed by atoms with E-state index in [4.69, 9.17) is 9.47 Å². The van der Waals surface area contributed by atoms with Crippen molar-refractivity contribution in [2.75, 3.05) is 50.6 Å². The van der Waals surface area contributed by atoms with Gasteiger partial charge in [0.15, 0.2) is 0 Å². The van der Waals surface area contributed by atoms with Gasteiger partial charge in [0.05, 0.1) is 19.9 Å². The molecule has 0 spiro atoms. The zero-order valence-electron chi connectivity index (χ0n) is 15.2. The third-order valence-electron chi connectivity index (χ3n) is 4.25. The van der Waals surface area contributed by atoms with Crippen molar-refractivity contribution < 1.29 is 14.3 Å². The molecule has 0 aliphatic carbocycles.